The molecule has 2 aromatic carbocycles. The lowest BCUT2D eigenvalue weighted by molar-refractivity contribution is 0.0187. The molecule has 0 bridgehead atoms. The van der Waals surface area contributed by atoms with E-state index in [-0.39, 0.29) is 18.9 Å². The lowest BCUT2D eigenvalue weighted by Crippen LogP contribution is -2.42. The monoisotopic (exact) mass is 441 g/mol. The van der Waals surface area contributed by atoms with Crippen molar-refractivity contribution in [2.45, 2.75) is 58.1 Å². The van der Waals surface area contributed by atoms with Gasteiger partial charge >= 0.3 is 6.09 Å². The molecule has 0 radical (unpaired) electrons. The van der Waals surface area contributed by atoms with Gasteiger partial charge < -0.3 is 23.8 Å². The van der Waals surface area contributed by atoms with Gasteiger partial charge in [0, 0.05) is 13.7 Å². The molecule has 6 nitrogen and oxygen atoms in total. The molecule has 2 aromatic rings. The number of carbonyl (C=O) groups excluding carboxylic acids is 1. The maximum absolute atomic E-state index is 12.5. The van der Waals surface area contributed by atoms with Crippen LogP contribution < -0.4 is 9.47 Å². The molecule has 174 valence electrons. The zero-order valence-electron chi connectivity index (χ0n) is 19.6. The van der Waals surface area contributed by atoms with Crippen molar-refractivity contribution in [1.29, 1.82) is 0 Å². The Balaban J connectivity index is 1.58. The molecule has 1 saturated heterocycles. The molecular formula is C26H35NO5. The Morgan fingerprint density at radius 2 is 1.88 bits per heavy atom. The predicted octanol–water partition coefficient (Wildman–Crippen LogP) is 5.23. The van der Waals surface area contributed by atoms with Crippen molar-refractivity contribution in [2.24, 2.45) is 0 Å². The number of carbonyl (C=O) groups is 1. The van der Waals surface area contributed by atoms with Gasteiger partial charge in [-0.3, -0.25) is 0 Å². The molecule has 1 fully saturated rings. The van der Waals surface area contributed by atoms with E-state index in [0.29, 0.717) is 13.2 Å². The van der Waals surface area contributed by atoms with Crippen LogP contribution in [0.15, 0.2) is 48.5 Å². The lowest BCUT2D eigenvalue weighted by atomic mass is 10.0. The van der Waals surface area contributed by atoms with Crippen LogP contribution >= 0.6 is 0 Å². The Morgan fingerprint density at radius 3 is 2.66 bits per heavy atom. The van der Waals surface area contributed by atoms with Crippen molar-refractivity contribution < 1.29 is 23.7 Å². The zero-order chi connectivity index (χ0) is 23.0. The predicted molar refractivity (Wildman–Crippen MR) is 124 cm³/mol. The minimum Gasteiger partial charge on any atom is -0.491 e. The highest BCUT2D eigenvalue weighted by atomic mass is 16.7. The molecule has 32 heavy (non-hydrogen) atoms. The molecule has 1 amide bonds. The SMILES string of the molecule is COCOc1cccc(CCc2ccccc2OCC2CCCN2C(=O)OC(C)(C)C)c1. The van der Waals surface area contributed by atoms with Crippen molar-refractivity contribution in [2.75, 3.05) is 27.1 Å². The summed E-state index contributed by atoms with van der Waals surface area (Å²) in [5, 5.41) is 0. The van der Waals surface area contributed by atoms with E-state index in [1.165, 1.54) is 5.56 Å². The summed E-state index contributed by atoms with van der Waals surface area (Å²) in [7, 11) is 1.61. The number of hydrogen-bond acceptors (Lipinski definition) is 5. The van der Waals surface area contributed by atoms with Crippen LogP contribution in [0.25, 0.3) is 0 Å². The third-order valence-corrected chi connectivity index (χ3v) is 5.33. The van der Waals surface area contributed by atoms with Crippen molar-refractivity contribution in [3.63, 3.8) is 0 Å². The number of rotatable bonds is 9. The number of benzene rings is 2. The van der Waals surface area contributed by atoms with E-state index in [1.54, 1.807) is 12.0 Å². The summed E-state index contributed by atoms with van der Waals surface area (Å²) < 4.78 is 22.3. The van der Waals surface area contributed by atoms with Crippen LogP contribution in [0.1, 0.15) is 44.7 Å². The van der Waals surface area contributed by atoms with Gasteiger partial charge in [0.05, 0.1) is 6.04 Å². The van der Waals surface area contributed by atoms with E-state index < -0.39 is 5.60 Å². The van der Waals surface area contributed by atoms with Gasteiger partial charge in [0.2, 0.25) is 0 Å². The molecule has 0 N–H and O–H groups in total. The fourth-order valence-corrected chi connectivity index (χ4v) is 3.80. The fraction of sp³-hybridized carbons (Fsp3) is 0.500. The van der Waals surface area contributed by atoms with Crippen LogP contribution in [0, 0.1) is 0 Å². The number of hydrogen-bond donors (Lipinski definition) is 0. The molecule has 3 rings (SSSR count). The Labute approximate surface area is 191 Å². The van der Waals surface area contributed by atoms with Gasteiger partial charge in [-0.2, -0.15) is 0 Å². The highest BCUT2D eigenvalue weighted by Crippen LogP contribution is 2.25. The third-order valence-electron chi connectivity index (χ3n) is 5.33. The van der Waals surface area contributed by atoms with Gasteiger partial charge in [-0.1, -0.05) is 30.3 Å². The minimum atomic E-state index is -0.496. The van der Waals surface area contributed by atoms with Gasteiger partial charge in [-0.05, 0) is 75.8 Å². The van der Waals surface area contributed by atoms with Crippen LogP contribution in [0.5, 0.6) is 11.5 Å². The zero-order valence-corrected chi connectivity index (χ0v) is 19.6. The molecule has 0 aliphatic carbocycles. The largest absolute Gasteiger partial charge is 0.491 e. The number of para-hydroxylation sites is 1. The van der Waals surface area contributed by atoms with E-state index >= 15 is 0 Å². The van der Waals surface area contributed by atoms with E-state index in [2.05, 4.69) is 12.1 Å². The summed E-state index contributed by atoms with van der Waals surface area (Å²) in [4.78, 5) is 14.3. The second kappa shape index (κ2) is 11.2. The van der Waals surface area contributed by atoms with Gasteiger partial charge in [0.25, 0.3) is 0 Å². The average molecular weight is 442 g/mol. The summed E-state index contributed by atoms with van der Waals surface area (Å²) in [6, 6.07) is 16.2. The molecule has 1 unspecified atom stereocenters. The number of nitrogens with zero attached hydrogens (tertiary/aromatic N) is 1. The molecule has 1 atom stereocenters. The summed E-state index contributed by atoms with van der Waals surface area (Å²) >= 11 is 0. The van der Waals surface area contributed by atoms with E-state index in [4.69, 9.17) is 18.9 Å². The van der Waals surface area contributed by atoms with Gasteiger partial charge in [-0.15, -0.1) is 0 Å². The summed E-state index contributed by atoms with van der Waals surface area (Å²) in [6.07, 6.45) is 3.36. The Kier molecular flexibility index (Phi) is 8.39. The molecule has 1 heterocycles. The first-order chi connectivity index (χ1) is 15.4. The Morgan fingerprint density at radius 1 is 1.06 bits per heavy atom. The van der Waals surface area contributed by atoms with Crippen LogP contribution in [0.4, 0.5) is 4.79 Å². The second-order valence-electron chi connectivity index (χ2n) is 9.09. The first-order valence-electron chi connectivity index (χ1n) is 11.3. The van der Waals surface area contributed by atoms with Crippen molar-refractivity contribution in [3.05, 3.63) is 59.7 Å². The molecular weight excluding hydrogens is 406 g/mol. The molecule has 0 spiro atoms. The normalized spacial score (nSPS) is 16.1. The number of aryl methyl sites for hydroxylation is 2. The smallest absolute Gasteiger partial charge is 0.410 e. The van der Waals surface area contributed by atoms with E-state index in [9.17, 15) is 4.79 Å². The van der Waals surface area contributed by atoms with Crippen LogP contribution in [0.2, 0.25) is 0 Å². The topological polar surface area (TPSA) is 57.2 Å². The van der Waals surface area contributed by atoms with Gasteiger partial charge in [0.1, 0.15) is 23.7 Å². The summed E-state index contributed by atoms with van der Waals surface area (Å²) in [6.45, 7) is 7.09. The highest BCUT2D eigenvalue weighted by Gasteiger charge is 2.32. The van der Waals surface area contributed by atoms with Gasteiger partial charge in [0.15, 0.2) is 6.79 Å². The standard InChI is InChI=1S/C26H35NO5/c1-26(2,3)32-25(28)27-16-8-11-22(27)18-30-24-13-6-5-10-21(24)15-14-20-9-7-12-23(17-20)31-19-29-4/h5-7,9-10,12-13,17,22H,8,11,14-16,18-19H2,1-4H3. The molecule has 1 aliphatic heterocycles. The molecule has 6 heteroatoms. The van der Waals surface area contributed by atoms with Crippen LogP contribution in [-0.4, -0.2) is 49.7 Å². The first kappa shape index (κ1) is 23.9. The van der Waals surface area contributed by atoms with Crippen molar-refractivity contribution >= 4 is 6.09 Å². The minimum absolute atomic E-state index is 0.0347. The van der Waals surface area contributed by atoms with Crippen LogP contribution in [-0.2, 0) is 22.3 Å². The first-order valence-corrected chi connectivity index (χ1v) is 11.3. The summed E-state index contributed by atoms with van der Waals surface area (Å²) in [5.41, 5.74) is 1.85. The lowest BCUT2D eigenvalue weighted by Gasteiger charge is -2.28. The maximum Gasteiger partial charge on any atom is 0.410 e. The summed E-state index contributed by atoms with van der Waals surface area (Å²) in [5.74, 6) is 1.67. The molecule has 0 saturated carbocycles. The van der Waals surface area contributed by atoms with E-state index in [1.807, 2.05) is 57.2 Å². The number of likely N-dealkylation sites (tertiary alicyclic amines) is 1. The van der Waals surface area contributed by atoms with Crippen molar-refractivity contribution in [3.8, 4) is 11.5 Å². The average Bonchev–Trinajstić information content (AvgIpc) is 3.23. The Hall–Kier alpha value is -2.73. The Bertz CT molecular complexity index is 877. The molecule has 1 aliphatic rings. The number of amides is 1. The van der Waals surface area contributed by atoms with Gasteiger partial charge in [-0.25, -0.2) is 4.79 Å². The number of ether oxygens (including phenoxy) is 4. The van der Waals surface area contributed by atoms with E-state index in [0.717, 1.165) is 42.7 Å². The molecule has 0 aromatic heterocycles. The second-order valence-corrected chi connectivity index (χ2v) is 9.09. The third kappa shape index (κ3) is 7.16. The van der Waals surface area contributed by atoms with Crippen molar-refractivity contribution in [1.82, 2.24) is 4.90 Å². The quantitative estimate of drug-likeness (QED) is 0.499. The highest BCUT2D eigenvalue weighted by molar-refractivity contribution is 5.69. The van der Waals surface area contributed by atoms with Crippen LogP contribution in [0.3, 0.4) is 0 Å². The fourth-order valence-electron chi connectivity index (χ4n) is 3.80. The maximum atomic E-state index is 12.5. The number of methoxy groups -OCH3 is 1.